The normalized spacial score (nSPS) is 15.0. The maximum Gasteiger partial charge on any atom is 0.265 e. The van der Waals surface area contributed by atoms with Crippen LogP contribution in [0.2, 0.25) is 0 Å². The van der Waals surface area contributed by atoms with E-state index in [4.69, 9.17) is 0 Å². The zero-order valence-corrected chi connectivity index (χ0v) is 16.8. The fourth-order valence-corrected chi connectivity index (χ4v) is 4.27. The van der Waals surface area contributed by atoms with Crippen LogP contribution in [-0.4, -0.2) is 29.8 Å². The Morgan fingerprint density at radius 1 is 0.862 bits per heavy atom. The van der Waals surface area contributed by atoms with Crippen molar-refractivity contribution >= 4 is 34.5 Å². The highest BCUT2D eigenvalue weighted by Crippen LogP contribution is 2.27. The van der Waals surface area contributed by atoms with Crippen molar-refractivity contribution in [1.82, 2.24) is 4.90 Å². The Balaban J connectivity index is 1.50. The van der Waals surface area contributed by atoms with Crippen molar-refractivity contribution in [3.8, 4) is 0 Å². The van der Waals surface area contributed by atoms with Gasteiger partial charge in [0.15, 0.2) is 0 Å². The van der Waals surface area contributed by atoms with Crippen molar-refractivity contribution in [2.24, 2.45) is 0 Å². The van der Waals surface area contributed by atoms with Crippen LogP contribution >= 0.6 is 11.3 Å². The molecule has 0 aliphatic carbocycles. The molecule has 29 heavy (non-hydrogen) atoms. The highest BCUT2D eigenvalue weighted by molar-refractivity contribution is 7.12. The lowest BCUT2D eigenvalue weighted by Gasteiger charge is -2.27. The van der Waals surface area contributed by atoms with Crippen molar-refractivity contribution in [3.63, 3.8) is 0 Å². The predicted octanol–water partition coefficient (Wildman–Crippen LogP) is 4.78. The van der Waals surface area contributed by atoms with Crippen LogP contribution in [0.3, 0.4) is 0 Å². The summed E-state index contributed by atoms with van der Waals surface area (Å²) in [4.78, 5) is 28.3. The van der Waals surface area contributed by atoms with Crippen LogP contribution in [0.25, 0.3) is 0 Å². The molecule has 4 rings (SSSR count). The van der Waals surface area contributed by atoms with E-state index in [2.05, 4.69) is 15.5 Å². The number of nitrogens with one attached hydrogen (secondary N) is 2. The van der Waals surface area contributed by atoms with Crippen molar-refractivity contribution in [2.75, 3.05) is 23.7 Å². The van der Waals surface area contributed by atoms with Crippen LogP contribution in [-0.2, 0) is 4.79 Å². The molecule has 1 aromatic heterocycles. The van der Waals surface area contributed by atoms with E-state index in [1.807, 2.05) is 60.0 Å². The minimum Gasteiger partial charge on any atom is -0.324 e. The summed E-state index contributed by atoms with van der Waals surface area (Å²) in [5.74, 6) is -0.206. The third-order valence-corrected chi connectivity index (χ3v) is 5.87. The quantitative estimate of drug-likeness (QED) is 0.621. The van der Waals surface area contributed by atoms with Crippen LogP contribution in [0.1, 0.15) is 34.1 Å². The molecular formula is C23H23N3O2S. The first kappa shape index (κ1) is 19.4. The number of amides is 2. The monoisotopic (exact) mass is 405 g/mol. The van der Waals surface area contributed by atoms with Crippen LogP contribution in [0.4, 0.5) is 11.4 Å². The van der Waals surface area contributed by atoms with E-state index in [-0.39, 0.29) is 17.9 Å². The maximum absolute atomic E-state index is 13.2. The van der Waals surface area contributed by atoms with Crippen molar-refractivity contribution in [1.29, 1.82) is 0 Å². The molecule has 2 N–H and O–H groups in total. The molecule has 2 amide bonds. The number of benzene rings is 2. The molecule has 0 radical (unpaired) electrons. The molecule has 0 bridgehead atoms. The topological polar surface area (TPSA) is 61.4 Å². The number of nitrogens with zero attached hydrogens (tertiary/aromatic N) is 1. The highest BCUT2D eigenvalue weighted by Gasteiger charge is 2.29. The van der Waals surface area contributed by atoms with Gasteiger partial charge in [0.2, 0.25) is 5.91 Å². The largest absolute Gasteiger partial charge is 0.324 e. The van der Waals surface area contributed by atoms with Crippen LogP contribution in [0.15, 0.2) is 72.1 Å². The Labute approximate surface area is 174 Å². The Morgan fingerprint density at radius 2 is 1.59 bits per heavy atom. The highest BCUT2D eigenvalue weighted by atomic mass is 32.1. The van der Waals surface area contributed by atoms with E-state index < -0.39 is 0 Å². The Hall–Kier alpha value is -2.96. The van der Waals surface area contributed by atoms with Gasteiger partial charge in [0.25, 0.3) is 5.91 Å². The summed E-state index contributed by atoms with van der Waals surface area (Å²) in [7, 11) is 0. The van der Waals surface area contributed by atoms with Gasteiger partial charge in [-0.2, -0.15) is 0 Å². The summed E-state index contributed by atoms with van der Waals surface area (Å²) in [6.07, 6.45) is 2.22. The second kappa shape index (κ2) is 9.03. The molecule has 1 fully saturated rings. The second-order valence-electron chi connectivity index (χ2n) is 7.06. The lowest BCUT2D eigenvalue weighted by atomic mass is 10.0. The van der Waals surface area contributed by atoms with Gasteiger partial charge in [0, 0.05) is 11.4 Å². The molecule has 1 aliphatic rings. The average molecular weight is 406 g/mol. The van der Waals surface area contributed by atoms with Gasteiger partial charge < -0.3 is 10.6 Å². The van der Waals surface area contributed by atoms with E-state index in [1.54, 1.807) is 12.1 Å². The molecule has 1 unspecified atom stereocenters. The SMILES string of the molecule is O=C(Nc1cccc(NC(=O)C(c2ccccc2)N2CCCC2)c1)c1cccs1. The molecule has 0 spiro atoms. The zero-order valence-electron chi connectivity index (χ0n) is 16.0. The number of carbonyl (C=O) groups is 2. The molecule has 2 heterocycles. The summed E-state index contributed by atoms with van der Waals surface area (Å²) in [5.41, 5.74) is 2.31. The Kier molecular flexibility index (Phi) is 6.03. The predicted molar refractivity (Wildman–Crippen MR) is 117 cm³/mol. The number of carbonyl (C=O) groups excluding carboxylic acids is 2. The van der Waals surface area contributed by atoms with E-state index in [0.29, 0.717) is 16.3 Å². The Morgan fingerprint density at radius 3 is 2.28 bits per heavy atom. The summed E-state index contributed by atoms with van der Waals surface area (Å²) in [6.45, 7) is 1.84. The maximum atomic E-state index is 13.2. The van der Waals surface area contributed by atoms with Gasteiger partial charge in [0.05, 0.1) is 4.88 Å². The molecule has 5 nitrogen and oxygen atoms in total. The fourth-order valence-electron chi connectivity index (χ4n) is 3.65. The van der Waals surface area contributed by atoms with Gasteiger partial charge in [-0.25, -0.2) is 0 Å². The first-order chi connectivity index (χ1) is 14.2. The molecule has 2 aromatic carbocycles. The lowest BCUT2D eigenvalue weighted by molar-refractivity contribution is -0.121. The molecule has 1 aliphatic heterocycles. The number of hydrogen-bond acceptors (Lipinski definition) is 4. The van der Waals surface area contributed by atoms with Gasteiger partial charge in [-0.1, -0.05) is 42.5 Å². The van der Waals surface area contributed by atoms with E-state index in [0.717, 1.165) is 31.5 Å². The number of anilines is 2. The van der Waals surface area contributed by atoms with Crippen molar-refractivity contribution < 1.29 is 9.59 Å². The zero-order chi connectivity index (χ0) is 20.1. The van der Waals surface area contributed by atoms with Gasteiger partial charge in [0.1, 0.15) is 6.04 Å². The van der Waals surface area contributed by atoms with Crippen molar-refractivity contribution in [2.45, 2.75) is 18.9 Å². The van der Waals surface area contributed by atoms with Gasteiger partial charge in [-0.05, 0) is 61.1 Å². The van der Waals surface area contributed by atoms with E-state index in [1.165, 1.54) is 11.3 Å². The van der Waals surface area contributed by atoms with Gasteiger partial charge in [-0.15, -0.1) is 11.3 Å². The third-order valence-electron chi connectivity index (χ3n) is 5.00. The molecule has 0 saturated carbocycles. The summed E-state index contributed by atoms with van der Waals surface area (Å²) < 4.78 is 0. The molecular weight excluding hydrogens is 382 g/mol. The molecule has 148 valence electrons. The standard InChI is InChI=1S/C23H23N3O2S/c27-22(20-12-7-15-29-20)24-18-10-6-11-19(16-18)25-23(28)21(26-13-4-5-14-26)17-8-2-1-3-9-17/h1-3,6-12,15-16,21H,4-5,13-14H2,(H,24,27)(H,25,28). The lowest BCUT2D eigenvalue weighted by Crippen LogP contribution is -2.35. The minimum atomic E-state index is -0.317. The molecule has 1 saturated heterocycles. The molecule has 6 heteroatoms. The Bertz CT molecular complexity index is 967. The number of likely N-dealkylation sites (tertiary alicyclic amines) is 1. The van der Waals surface area contributed by atoms with Gasteiger partial charge >= 0.3 is 0 Å². The first-order valence-corrected chi connectivity index (χ1v) is 10.6. The number of rotatable bonds is 6. The smallest absolute Gasteiger partial charge is 0.265 e. The first-order valence-electron chi connectivity index (χ1n) is 9.75. The minimum absolute atomic E-state index is 0.0557. The second-order valence-corrected chi connectivity index (χ2v) is 8.01. The molecule has 3 aromatic rings. The van der Waals surface area contributed by atoms with Gasteiger partial charge in [-0.3, -0.25) is 14.5 Å². The van der Waals surface area contributed by atoms with Crippen LogP contribution in [0.5, 0.6) is 0 Å². The average Bonchev–Trinajstić information content (AvgIpc) is 3.44. The van der Waals surface area contributed by atoms with Crippen LogP contribution in [0, 0.1) is 0 Å². The third kappa shape index (κ3) is 4.72. The van der Waals surface area contributed by atoms with E-state index >= 15 is 0 Å². The van der Waals surface area contributed by atoms with Crippen molar-refractivity contribution in [3.05, 3.63) is 82.6 Å². The fraction of sp³-hybridized carbons (Fsp3) is 0.217. The number of hydrogen-bond donors (Lipinski definition) is 2. The van der Waals surface area contributed by atoms with E-state index in [9.17, 15) is 9.59 Å². The molecule has 1 atom stereocenters. The summed E-state index contributed by atoms with van der Waals surface area (Å²) >= 11 is 1.39. The number of thiophene rings is 1. The summed E-state index contributed by atoms with van der Waals surface area (Å²) in [6, 6.07) is 20.5. The van der Waals surface area contributed by atoms with Crippen LogP contribution < -0.4 is 10.6 Å². The summed E-state index contributed by atoms with van der Waals surface area (Å²) in [5, 5.41) is 7.79.